The molecule has 6 rings (SSSR count). The van der Waals surface area contributed by atoms with Gasteiger partial charge < -0.3 is 19.9 Å². The van der Waals surface area contributed by atoms with Gasteiger partial charge >= 0.3 is 6.09 Å². The summed E-state index contributed by atoms with van der Waals surface area (Å²) in [4.78, 5) is 30.8. The van der Waals surface area contributed by atoms with Crippen LogP contribution < -0.4 is 5.73 Å². The second-order valence-corrected chi connectivity index (χ2v) is 11.5. The van der Waals surface area contributed by atoms with Gasteiger partial charge in [0.05, 0.1) is 16.9 Å². The number of piperazine rings is 1. The molecule has 2 heterocycles. The van der Waals surface area contributed by atoms with E-state index in [-0.39, 0.29) is 18.6 Å². The molecule has 228 valence electrons. The summed E-state index contributed by atoms with van der Waals surface area (Å²) >= 11 is 0. The number of aryl methyl sites for hydroxylation is 1. The van der Waals surface area contributed by atoms with Gasteiger partial charge in [0, 0.05) is 43.5 Å². The lowest BCUT2D eigenvalue weighted by atomic mass is 9.99. The van der Waals surface area contributed by atoms with Crippen LogP contribution in [0, 0.1) is 6.92 Å². The number of rotatable bonds is 9. The van der Waals surface area contributed by atoms with Crippen LogP contribution in [-0.2, 0) is 24.3 Å². The molecule has 45 heavy (non-hydrogen) atoms. The zero-order chi connectivity index (χ0) is 31.2. The number of nitrogens with zero attached hydrogens (tertiary/aromatic N) is 3. The van der Waals surface area contributed by atoms with Crippen LogP contribution in [0.4, 0.5) is 4.79 Å². The monoisotopic (exact) mass is 598 g/mol. The molecule has 0 aliphatic carbocycles. The van der Waals surface area contributed by atoms with Gasteiger partial charge in [-0.25, -0.2) is 4.79 Å². The van der Waals surface area contributed by atoms with Crippen molar-refractivity contribution in [2.24, 2.45) is 5.73 Å². The number of hydrogen-bond donors (Lipinski definition) is 1. The third-order valence-corrected chi connectivity index (χ3v) is 8.46. The molecule has 1 aromatic heterocycles. The summed E-state index contributed by atoms with van der Waals surface area (Å²) in [7, 11) is 0. The Morgan fingerprint density at radius 2 is 1.42 bits per heavy atom. The first-order valence-electron chi connectivity index (χ1n) is 15.4. The summed E-state index contributed by atoms with van der Waals surface area (Å²) in [6, 6.07) is 40.7. The van der Waals surface area contributed by atoms with Gasteiger partial charge in [0.25, 0.3) is 5.91 Å². The Morgan fingerprint density at radius 3 is 2.11 bits per heavy atom. The summed E-state index contributed by atoms with van der Waals surface area (Å²) in [5, 5.41) is 0. The fraction of sp³-hybridized carbons (Fsp3) is 0.211. The van der Waals surface area contributed by atoms with Gasteiger partial charge in [-0.3, -0.25) is 9.69 Å². The quantitative estimate of drug-likeness (QED) is 0.207. The molecule has 1 aliphatic heterocycles. The summed E-state index contributed by atoms with van der Waals surface area (Å²) in [5.41, 5.74) is 12.7. The highest BCUT2D eigenvalue weighted by molar-refractivity contribution is 6.01. The van der Waals surface area contributed by atoms with E-state index < -0.39 is 6.09 Å². The van der Waals surface area contributed by atoms with Crippen LogP contribution >= 0.6 is 0 Å². The highest BCUT2D eigenvalue weighted by atomic mass is 16.5. The molecule has 1 atom stereocenters. The largest absolute Gasteiger partial charge is 0.445 e. The van der Waals surface area contributed by atoms with E-state index in [0.717, 1.165) is 54.3 Å². The minimum atomic E-state index is -0.830. The van der Waals surface area contributed by atoms with Crippen LogP contribution in [0.25, 0.3) is 16.9 Å². The second-order valence-electron chi connectivity index (χ2n) is 11.5. The average molecular weight is 599 g/mol. The van der Waals surface area contributed by atoms with Gasteiger partial charge in [-0.1, -0.05) is 109 Å². The molecule has 7 nitrogen and oxygen atoms in total. The number of amides is 2. The smallest absolute Gasteiger partial charge is 0.404 e. The highest BCUT2D eigenvalue weighted by Gasteiger charge is 2.34. The highest BCUT2D eigenvalue weighted by Crippen LogP contribution is 2.34. The zero-order valence-electron chi connectivity index (χ0n) is 25.5. The van der Waals surface area contributed by atoms with Crippen molar-refractivity contribution in [1.82, 2.24) is 14.4 Å². The molecule has 0 saturated carbocycles. The zero-order valence-corrected chi connectivity index (χ0v) is 25.5. The lowest BCUT2D eigenvalue weighted by molar-refractivity contribution is 0.0439. The van der Waals surface area contributed by atoms with E-state index >= 15 is 0 Å². The Bertz CT molecular complexity index is 1750. The molecule has 1 saturated heterocycles. The number of nitrogens with two attached hydrogens (primary N) is 1. The Kier molecular flexibility index (Phi) is 9.08. The van der Waals surface area contributed by atoms with Crippen LogP contribution in [0.3, 0.4) is 0 Å². The molecule has 0 spiro atoms. The Balaban J connectivity index is 1.39. The lowest BCUT2D eigenvalue weighted by Crippen LogP contribution is -2.55. The Hall–Kier alpha value is -5.14. The molecular weight excluding hydrogens is 560 g/mol. The molecule has 1 fully saturated rings. The first-order chi connectivity index (χ1) is 22.0. The van der Waals surface area contributed by atoms with E-state index in [1.165, 1.54) is 11.1 Å². The van der Waals surface area contributed by atoms with E-state index in [4.69, 9.17) is 10.5 Å². The third-order valence-electron chi connectivity index (χ3n) is 8.46. The Morgan fingerprint density at radius 1 is 0.800 bits per heavy atom. The number of carbonyl (C=O) groups is 2. The van der Waals surface area contributed by atoms with Gasteiger partial charge in [0.1, 0.15) is 6.61 Å². The summed E-state index contributed by atoms with van der Waals surface area (Å²) in [6.07, 6.45) is -0.0602. The molecule has 7 heteroatoms. The van der Waals surface area contributed by atoms with Crippen molar-refractivity contribution in [3.05, 3.63) is 149 Å². The third kappa shape index (κ3) is 6.84. The number of primary amides is 1. The lowest BCUT2D eigenvalue weighted by Gasteiger charge is -2.42. The number of ether oxygens (including phenoxy) is 1. The van der Waals surface area contributed by atoms with Crippen molar-refractivity contribution in [3.8, 4) is 16.9 Å². The van der Waals surface area contributed by atoms with Crippen molar-refractivity contribution in [3.63, 3.8) is 0 Å². The van der Waals surface area contributed by atoms with Gasteiger partial charge in [-0.05, 0) is 42.2 Å². The van der Waals surface area contributed by atoms with Crippen LogP contribution in [-0.4, -0.2) is 52.0 Å². The maximum atomic E-state index is 14.8. The second kappa shape index (κ2) is 13.7. The molecule has 4 aromatic carbocycles. The molecule has 2 N–H and O–H groups in total. The first-order valence-corrected chi connectivity index (χ1v) is 15.4. The van der Waals surface area contributed by atoms with Gasteiger partial charge in [-0.2, -0.15) is 0 Å². The normalized spacial score (nSPS) is 15.1. The van der Waals surface area contributed by atoms with Crippen molar-refractivity contribution < 1.29 is 14.3 Å². The number of carbonyl (C=O) groups excluding carboxylic acids is 2. The van der Waals surface area contributed by atoms with Crippen molar-refractivity contribution in [2.75, 3.05) is 19.6 Å². The number of aromatic nitrogens is 1. The van der Waals surface area contributed by atoms with E-state index in [0.29, 0.717) is 12.1 Å². The SMILES string of the molecule is Cc1cc(C(=O)N2CCN(Cc3ccccc3)CC2Cc2ccccc2)c(-c2ccccc2)n1-c1ccccc1COC(N)=O. The molecule has 2 amide bonds. The minimum Gasteiger partial charge on any atom is -0.445 e. The molecule has 1 aliphatic rings. The minimum absolute atomic E-state index is 0.000828. The van der Waals surface area contributed by atoms with E-state index in [1.54, 1.807) is 0 Å². The molecule has 1 unspecified atom stereocenters. The number of hydrogen-bond acceptors (Lipinski definition) is 4. The van der Waals surface area contributed by atoms with Crippen molar-refractivity contribution in [1.29, 1.82) is 0 Å². The molecule has 0 bridgehead atoms. The molecular formula is C38H38N4O3. The fourth-order valence-electron chi connectivity index (χ4n) is 6.38. The predicted octanol–water partition coefficient (Wildman–Crippen LogP) is 6.62. The van der Waals surface area contributed by atoms with Crippen LogP contribution in [0.2, 0.25) is 0 Å². The number of benzene rings is 4. The summed E-state index contributed by atoms with van der Waals surface area (Å²) < 4.78 is 7.29. The predicted molar refractivity (Wildman–Crippen MR) is 177 cm³/mol. The van der Waals surface area contributed by atoms with Gasteiger partial charge in [-0.15, -0.1) is 0 Å². The van der Waals surface area contributed by atoms with Crippen molar-refractivity contribution >= 4 is 12.0 Å². The maximum Gasteiger partial charge on any atom is 0.404 e. The van der Waals surface area contributed by atoms with Crippen molar-refractivity contribution in [2.45, 2.75) is 32.5 Å². The molecule has 0 radical (unpaired) electrons. The van der Waals surface area contributed by atoms with E-state index in [9.17, 15) is 9.59 Å². The van der Waals surface area contributed by atoms with E-state index in [1.807, 2.05) is 79.7 Å². The van der Waals surface area contributed by atoms with Gasteiger partial charge in [0.2, 0.25) is 0 Å². The summed E-state index contributed by atoms with van der Waals surface area (Å²) in [6.45, 7) is 5.09. The van der Waals surface area contributed by atoms with Crippen LogP contribution in [0.5, 0.6) is 0 Å². The average Bonchev–Trinajstić information content (AvgIpc) is 3.41. The van der Waals surface area contributed by atoms with E-state index in [2.05, 4.69) is 62.9 Å². The fourth-order valence-corrected chi connectivity index (χ4v) is 6.38. The topological polar surface area (TPSA) is 80.8 Å². The summed E-state index contributed by atoms with van der Waals surface area (Å²) in [5.74, 6) is 0.0156. The van der Waals surface area contributed by atoms with Gasteiger partial charge in [0.15, 0.2) is 0 Å². The maximum absolute atomic E-state index is 14.8. The Labute approximate surface area is 264 Å². The molecule has 5 aromatic rings. The first kappa shape index (κ1) is 29.9. The number of para-hydroxylation sites is 1. The standard InChI is InChI=1S/C38H38N4O3/c1-28-23-34(36(31-17-9-4-10-18-31)42(28)35-20-12-11-19-32(35)27-45-38(39)44)37(43)41-22-21-40(25-30-15-7-3-8-16-30)26-33(41)24-29-13-5-2-6-14-29/h2-20,23,33H,21-22,24-27H2,1H3,(H2,39,44). The van der Waals surface area contributed by atoms with Crippen LogP contribution in [0.1, 0.15) is 32.7 Å². The van der Waals surface area contributed by atoms with Crippen LogP contribution in [0.15, 0.2) is 121 Å².